The van der Waals surface area contributed by atoms with Gasteiger partial charge in [-0.15, -0.1) is 0 Å². The second-order valence-electron chi connectivity index (χ2n) is 8.30. The average molecular weight is 563 g/mol. The van der Waals surface area contributed by atoms with Crippen LogP contribution in [0, 0.1) is 0 Å². The topological polar surface area (TPSA) is 36.9 Å². The highest BCUT2D eigenvalue weighted by Crippen LogP contribution is 2.15. The fourth-order valence-corrected chi connectivity index (χ4v) is 3.99. The minimum atomic E-state index is 0.567. The lowest BCUT2D eigenvalue weighted by Crippen LogP contribution is -2.13. The van der Waals surface area contributed by atoms with E-state index >= 15 is 0 Å². The van der Waals surface area contributed by atoms with E-state index in [2.05, 4.69) is 53.8 Å². The van der Waals surface area contributed by atoms with Crippen molar-refractivity contribution in [1.29, 1.82) is 0 Å². The Morgan fingerprint density at radius 3 is 1.75 bits per heavy atom. The minimum absolute atomic E-state index is 0.567. The number of hydrogen-bond acceptors (Lipinski definition) is 4. The Bertz CT molecular complexity index is 495. The summed E-state index contributed by atoms with van der Waals surface area (Å²) in [6.07, 6.45) is 15.7. The number of halogens is 1. The predicted octanol–water partition coefficient (Wildman–Crippen LogP) is 7.40. The van der Waals surface area contributed by atoms with Crippen molar-refractivity contribution in [3.05, 3.63) is 29.8 Å². The molecule has 4 nitrogen and oxygen atoms in total. The third-order valence-electron chi connectivity index (χ3n) is 5.41. The van der Waals surface area contributed by atoms with Crippen molar-refractivity contribution in [2.45, 2.75) is 84.0 Å². The first-order valence-corrected chi connectivity index (χ1v) is 14.4. The first-order chi connectivity index (χ1) is 15.9. The van der Waals surface area contributed by atoms with Gasteiger partial charge in [-0.2, -0.15) is 0 Å². The van der Waals surface area contributed by atoms with Gasteiger partial charge >= 0.3 is 0 Å². The predicted molar refractivity (Wildman–Crippen MR) is 143 cm³/mol. The monoisotopic (exact) mass is 562 g/mol. The smallest absolute Gasteiger partial charge is 0.119 e. The Kier molecular flexibility index (Phi) is 22.0. The van der Waals surface area contributed by atoms with Crippen LogP contribution < -0.4 is 4.74 Å². The highest BCUT2D eigenvalue weighted by atomic mass is 127. The van der Waals surface area contributed by atoms with Crippen LogP contribution in [0.1, 0.15) is 83.1 Å². The van der Waals surface area contributed by atoms with Crippen molar-refractivity contribution < 1.29 is 18.9 Å². The molecule has 0 N–H and O–H groups in total. The third-order valence-corrected chi connectivity index (χ3v) is 6.17. The molecule has 0 atom stereocenters. The van der Waals surface area contributed by atoms with Crippen LogP contribution in [-0.4, -0.2) is 50.7 Å². The summed E-state index contributed by atoms with van der Waals surface area (Å²) in [5, 5.41) is 0. The van der Waals surface area contributed by atoms with Gasteiger partial charge < -0.3 is 18.9 Å². The Hall–Kier alpha value is -0.370. The molecule has 0 aliphatic rings. The van der Waals surface area contributed by atoms with E-state index in [0.717, 1.165) is 18.8 Å². The van der Waals surface area contributed by atoms with Gasteiger partial charge in [-0.05, 0) is 47.8 Å². The zero-order valence-corrected chi connectivity index (χ0v) is 22.6. The first-order valence-electron chi connectivity index (χ1n) is 12.9. The quantitative estimate of drug-likeness (QED) is 0.0748. The fourth-order valence-electron chi connectivity index (χ4n) is 3.45. The van der Waals surface area contributed by atoms with Gasteiger partial charge in [0.15, 0.2) is 0 Å². The zero-order chi connectivity index (χ0) is 23.0. The van der Waals surface area contributed by atoms with Crippen molar-refractivity contribution in [2.24, 2.45) is 0 Å². The summed E-state index contributed by atoms with van der Waals surface area (Å²) in [4.78, 5) is 0. The molecule has 0 spiro atoms. The number of unbranched alkanes of at least 4 members (excludes halogenated alkanes) is 9. The Morgan fingerprint density at radius 2 is 1.09 bits per heavy atom. The summed E-state index contributed by atoms with van der Waals surface area (Å²) in [6.45, 7) is 6.77. The molecule has 1 aromatic rings. The number of aryl methyl sites for hydroxylation is 1. The molecule has 186 valence electrons. The van der Waals surface area contributed by atoms with Crippen LogP contribution in [0.25, 0.3) is 0 Å². The Morgan fingerprint density at radius 1 is 0.562 bits per heavy atom. The first kappa shape index (κ1) is 29.7. The average Bonchev–Trinajstić information content (AvgIpc) is 2.82. The summed E-state index contributed by atoms with van der Waals surface area (Å²) >= 11 is 2.43. The van der Waals surface area contributed by atoms with E-state index in [1.54, 1.807) is 0 Å². The van der Waals surface area contributed by atoms with E-state index in [4.69, 9.17) is 18.9 Å². The second-order valence-corrected chi connectivity index (χ2v) is 9.38. The molecular formula is C27H47IO4. The van der Waals surface area contributed by atoms with Crippen LogP contribution in [0.3, 0.4) is 0 Å². The molecule has 0 heterocycles. The third kappa shape index (κ3) is 19.1. The van der Waals surface area contributed by atoms with E-state index < -0.39 is 0 Å². The number of benzene rings is 1. The molecule has 0 unspecified atom stereocenters. The molecule has 0 saturated carbocycles. The van der Waals surface area contributed by atoms with Gasteiger partial charge in [0.05, 0.1) is 33.0 Å². The lowest BCUT2D eigenvalue weighted by atomic mass is 10.0. The van der Waals surface area contributed by atoms with Gasteiger partial charge in [-0.25, -0.2) is 0 Å². The van der Waals surface area contributed by atoms with Crippen LogP contribution in [0.2, 0.25) is 0 Å². The Balaban J connectivity index is 1.86. The van der Waals surface area contributed by atoms with E-state index in [1.165, 1.54) is 80.6 Å². The maximum atomic E-state index is 5.76. The van der Waals surface area contributed by atoms with E-state index in [-0.39, 0.29) is 0 Å². The molecule has 32 heavy (non-hydrogen) atoms. The van der Waals surface area contributed by atoms with Crippen LogP contribution in [0.4, 0.5) is 0 Å². The van der Waals surface area contributed by atoms with E-state index in [0.29, 0.717) is 39.6 Å². The maximum absolute atomic E-state index is 5.76. The number of rotatable bonds is 24. The number of alkyl halides is 1. The molecule has 0 saturated heterocycles. The lowest BCUT2D eigenvalue weighted by Gasteiger charge is -2.09. The van der Waals surface area contributed by atoms with Crippen molar-refractivity contribution in [2.75, 3.05) is 50.7 Å². The summed E-state index contributed by atoms with van der Waals surface area (Å²) < 4.78 is 23.7. The molecule has 0 aromatic heterocycles. The van der Waals surface area contributed by atoms with Crippen LogP contribution >= 0.6 is 22.6 Å². The molecule has 1 rings (SSSR count). The Labute approximate surface area is 211 Å². The number of hydrogen-bond donors (Lipinski definition) is 0. The van der Waals surface area contributed by atoms with Gasteiger partial charge in [-0.1, -0.05) is 93.0 Å². The highest BCUT2D eigenvalue weighted by molar-refractivity contribution is 14.1. The summed E-state index contributed by atoms with van der Waals surface area (Å²) in [6, 6.07) is 8.52. The molecule has 1 aromatic carbocycles. The summed E-state index contributed by atoms with van der Waals surface area (Å²) in [7, 11) is 0. The van der Waals surface area contributed by atoms with Crippen molar-refractivity contribution >= 4 is 22.6 Å². The largest absolute Gasteiger partial charge is 0.491 e. The molecule has 0 aliphatic carbocycles. The van der Waals surface area contributed by atoms with E-state index in [1.807, 2.05) is 0 Å². The summed E-state index contributed by atoms with van der Waals surface area (Å²) in [5.74, 6) is 0.916. The molecule has 0 fully saturated rings. The van der Waals surface area contributed by atoms with Crippen LogP contribution in [-0.2, 0) is 20.6 Å². The van der Waals surface area contributed by atoms with Gasteiger partial charge in [0.2, 0.25) is 0 Å². The van der Waals surface area contributed by atoms with Crippen molar-refractivity contribution in [3.8, 4) is 5.75 Å². The van der Waals surface area contributed by atoms with Gasteiger partial charge in [0.1, 0.15) is 12.4 Å². The van der Waals surface area contributed by atoms with Gasteiger partial charge in [-0.3, -0.25) is 0 Å². The van der Waals surface area contributed by atoms with Gasteiger partial charge in [0.25, 0.3) is 0 Å². The van der Waals surface area contributed by atoms with Gasteiger partial charge in [0, 0.05) is 6.61 Å². The molecule has 0 aliphatic heterocycles. The van der Waals surface area contributed by atoms with Crippen molar-refractivity contribution in [3.63, 3.8) is 0 Å². The molecule has 0 bridgehead atoms. The number of ether oxygens (including phenoxy) is 4. The minimum Gasteiger partial charge on any atom is -0.491 e. The molecule has 0 radical (unpaired) electrons. The normalized spacial score (nSPS) is 11.2. The van der Waals surface area contributed by atoms with E-state index in [9.17, 15) is 0 Å². The fraction of sp³-hybridized carbons (Fsp3) is 0.778. The second kappa shape index (κ2) is 23.8. The lowest BCUT2D eigenvalue weighted by molar-refractivity contribution is 0.00879. The van der Waals surface area contributed by atoms with Crippen molar-refractivity contribution in [1.82, 2.24) is 0 Å². The molecular weight excluding hydrogens is 515 g/mol. The van der Waals surface area contributed by atoms with Crippen LogP contribution in [0.5, 0.6) is 5.75 Å². The van der Waals surface area contributed by atoms with Crippen LogP contribution in [0.15, 0.2) is 24.3 Å². The molecule has 5 heteroatoms. The highest BCUT2D eigenvalue weighted by Gasteiger charge is 1.98. The SMILES string of the molecule is CCCCCCCCCc1ccc(OCCOCCOCCOCCCCCCI)cc1. The standard InChI is InChI=1S/C27H47IO4/c1-2-3-4-5-6-7-10-13-26-14-16-27(17-15-26)32-25-24-31-23-22-30-21-20-29-19-12-9-8-11-18-28/h14-17H,2-13,18-25H2,1H3. The summed E-state index contributed by atoms with van der Waals surface area (Å²) in [5.41, 5.74) is 1.40. The zero-order valence-electron chi connectivity index (χ0n) is 20.5. The maximum Gasteiger partial charge on any atom is 0.119 e. The molecule has 0 amide bonds.